The van der Waals surface area contributed by atoms with E-state index in [4.69, 9.17) is 11.6 Å². The van der Waals surface area contributed by atoms with Gasteiger partial charge in [-0.1, -0.05) is 25.4 Å². The molecule has 0 radical (unpaired) electrons. The molecule has 3 N–H and O–H groups in total. The standard InChI is InChI=1S/C18H18ClN7O/c1-18(2)7-13(6-14(27)8-18)22-15-4-3-12(19)5-16(15)21-10-11(9-20)17-23-25-26-24-17/h3-6,10,21-22H,7-8H2,1-2H3,(H,23,24,25,26). The van der Waals surface area contributed by atoms with Gasteiger partial charge < -0.3 is 10.6 Å². The molecule has 8 nitrogen and oxygen atoms in total. The molecule has 2 aromatic rings. The summed E-state index contributed by atoms with van der Waals surface area (Å²) in [4.78, 5) is 12.0. The number of hydrogen-bond acceptors (Lipinski definition) is 7. The highest BCUT2D eigenvalue weighted by Gasteiger charge is 2.27. The summed E-state index contributed by atoms with van der Waals surface area (Å²) in [6.07, 6.45) is 4.40. The van der Waals surface area contributed by atoms with Gasteiger partial charge in [-0.2, -0.15) is 10.5 Å². The minimum atomic E-state index is -0.0965. The van der Waals surface area contributed by atoms with Crippen molar-refractivity contribution in [1.29, 1.82) is 5.26 Å². The number of aromatic amines is 1. The maximum Gasteiger partial charge on any atom is 0.216 e. The minimum absolute atomic E-state index is 0.0965. The summed E-state index contributed by atoms with van der Waals surface area (Å²) >= 11 is 6.11. The molecule has 1 aliphatic rings. The van der Waals surface area contributed by atoms with Crippen molar-refractivity contribution in [2.45, 2.75) is 26.7 Å². The molecule has 0 unspecified atom stereocenters. The number of nitrogens with one attached hydrogen (secondary N) is 3. The molecule has 27 heavy (non-hydrogen) atoms. The van der Waals surface area contributed by atoms with E-state index in [9.17, 15) is 10.1 Å². The number of ketones is 1. The number of carbonyl (C=O) groups is 1. The van der Waals surface area contributed by atoms with E-state index in [1.54, 1.807) is 18.2 Å². The van der Waals surface area contributed by atoms with Gasteiger partial charge in [-0.25, -0.2) is 0 Å². The zero-order chi connectivity index (χ0) is 19.4. The number of benzene rings is 1. The van der Waals surface area contributed by atoms with E-state index in [0.29, 0.717) is 17.1 Å². The molecule has 0 spiro atoms. The van der Waals surface area contributed by atoms with Gasteiger partial charge in [0, 0.05) is 29.4 Å². The van der Waals surface area contributed by atoms with Gasteiger partial charge in [0.05, 0.1) is 11.4 Å². The molecule has 0 atom stereocenters. The first-order chi connectivity index (χ1) is 12.9. The number of nitrogens with zero attached hydrogens (tertiary/aromatic N) is 4. The molecule has 0 bridgehead atoms. The van der Waals surface area contributed by atoms with Crippen molar-refractivity contribution < 1.29 is 4.79 Å². The van der Waals surface area contributed by atoms with Gasteiger partial charge in [-0.3, -0.25) is 4.79 Å². The Labute approximate surface area is 161 Å². The molecule has 3 rings (SSSR count). The second-order valence-corrected chi connectivity index (χ2v) is 7.45. The Morgan fingerprint density at radius 1 is 1.37 bits per heavy atom. The number of H-pyrrole nitrogens is 1. The zero-order valence-corrected chi connectivity index (χ0v) is 15.6. The molecular formula is C18H18ClN7O. The Morgan fingerprint density at radius 2 is 2.19 bits per heavy atom. The fourth-order valence-corrected chi connectivity index (χ4v) is 3.09. The number of aromatic nitrogens is 4. The topological polar surface area (TPSA) is 119 Å². The predicted octanol–water partition coefficient (Wildman–Crippen LogP) is 3.51. The number of rotatable bonds is 5. The molecule has 1 heterocycles. The van der Waals surface area contributed by atoms with Crippen LogP contribution in [0.5, 0.6) is 0 Å². The van der Waals surface area contributed by atoms with Crippen molar-refractivity contribution >= 4 is 34.3 Å². The smallest absolute Gasteiger partial charge is 0.216 e. The summed E-state index contributed by atoms with van der Waals surface area (Å²) in [6, 6.07) is 7.30. The van der Waals surface area contributed by atoms with Crippen molar-refractivity contribution in [2.24, 2.45) is 5.41 Å². The van der Waals surface area contributed by atoms with Crippen LogP contribution in [0.2, 0.25) is 5.02 Å². The average molecular weight is 384 g/mol. The molecule has 0 saturated carbocycles. The van der Waals surface area contributed by atoms with Gasteiger partial charge in [0.25, 0.3) is 0 Å². The first-order valence-electron chi connectivity index (χ1n) is 8.27. The number of anilines is 2. The normalized spacial score (nSPS) is 16.4. The Morgan fingerprint density at radius 3 is 2.85 bits per heavy atom. The van der Waals surface area contributed by atoms with Crippen LogP contribution in [0.15, 0.2) is 36.2 Å². The molecule has 1 aromatic heterocycles. The first-order valence-corrected chi connectivity index (χ1v) is 8.65. The van der Waals surface area contributed by atoms with E-state index >= 15 is 0 Å². The summed E-state index contributed by atoms with van der Waals surface area (Å²) in [6.45, 7) is 4.13. The lowest BCUT2D eigenvalue weighted by Gasteiger charge is -2.29. The summed E-state index contributed by atoms with van der Waals surface area (Å²) in [5.41, 5.74) is 2.33. The third kappa shape index (κ3) is 4.71. The van der Waals surface area contributed by atoms with Crippen LogP contribution in [0.4, 0.5) is 11.4 Å². The van der Waals surface area contributed by atoms with Crippen molar-refractivity contribution in [2.75, 3.05) is 10.6 Å². The summed E-state index contributed by atoms with van der Waals surface area (Å²) in [5.74, 6) is 0.282. The summed E-state index contributed by atoms with van der Waals surface area (Å²) in [5, 5.41) is 29.5. The average Bonchev–Trinajstić information content (AvgIpc) is 3.10. The summed E-state index contributed by atoms with van der Waals surface area (Å²) in [7, 11) is 0. The lowest BCUT2D eigenvalue weighted by Crippen LogP contribution is -2.24. The maximum atomic E-state index is 12.0. The Bertz CT molecular complexity index is 955. The molecule has 0 amide bonds. The van der Waals surface area contributed by atoms with Gasteiger partial charge in [0.2, 0.25) is 5.82 Å². The fraction of sp³-hybridized carbons (Fsp3) is 0.278. The molecule has 9 heteroatoms. The largest absolute Gasteiger partial charge is 0.359 e. The van der Waals surface area contributed by atoms with Gasteiger partial charge in [-0.05, 0) is 35.2 Å². The quantitative estimate of drug-likeness (QED) is 0.675. The molecule has 0 saturated heterocycles. The highest BCUT2D eigenvalue weighted by Crippen LogP contribution is 2.35. The second kappa shape index (κ2) is 7.60. The third-order valence-corrected chi connectivity index (χ3v) is 4.25. The van der Waals surface area contributed by atoms with E-state index in [1.807, 2.05) is 12.1 Å². The van der Waals surface area contributed by atoms with Crippen LogP contribution in [0, 0.1) is 16.7 Å². The first kappa shape index (κ1) is 18.6. The third-order valence-electron chi connectivity index (χ3n) is 4.01. The van der Waals surface area contributed by atoms with Gasteiger partial charge in [-0.15, -0.1) is 10.2 Å². The van der Waals surface area contributed by atoms with E-state index in [0.717, 1.165) is 17.8 Å². The Kier molecular flexibility index (Phi) is 5.23. The predicted molar refractivity (Wildman–Crippen MR) is 103 cm³/mol. The van der Waals surface area contributed by atoms with E-state index in [2.05, 4.69) is 45.1 Å². The van der Waals surface area contributed by atoms with Gasteiger partial charge in [0.15, 0.2) is 5.78 Å². The number of halogens is 1. The second-order valence-electron chi connectivity index (χ2n) is 7.02. The fourth-order valence-electron chi connectivity index (χ4n) is 2.92. The number of carbonyl (C=O) groups excluding carboxylic acids is 1. The SMILES string of the molecule is CC1(C)CC(=O)C=C(Nc2ccc(Cl)cc2NC=C(C#N)c2nn[nH]n2)C1. The highest BCUT2D eigenvalue weighted by molar-refractivity contribution is 6.31. The van der Waals surface area contributed by atoms with Crippen molar-refractivity contribution in [3.63, 3.8) is 0 Å². The lowest BCUT2D eigenvalue weighted by molar-refractivity contribution is -0.117. The van der Waals surface area contributed by atoms with Crippen LogP contribution in [-0.2, 0) is 4.79 Å². The van der Waals surface area contributed by atoms with Crippen molar-refractivity contribution in [3.8, 4) is 6.07 Å². The molecule has 0 fully saturated rings. The van der Waals surface area contributed by atoms with Crippen molar-refractivity contribution in [1.82, 2.24) is 20.6 Å². The van der Waals surface area contributed by atoms with Gasteiger partial charge in [0.1, 0.15) is 11.6 Å². The molecule has 1 aromatic carbocycles. The van der Waals surface area contributed by atoms with Crippen LogP contribution >= 0.6 is 11.6 Å². The lowest BCUT2D eigenvalue weighted by atomic mass is 9.79. The number of tetrazole rings is 1. The molecule has 138 valence electrons. The molecule has 1 aliphatic carbocycles. The van der Waals surface area contributed by atoms with E-state index < -0.39 is 0 Å². The van der Waals surface area contributed by atoms with Crippen LogP contribution < -0.4 is 10.6 Å². The van der Waals surface area contributed by atoms with Crippen LogP contribution in [-0.4, -0.2) is 26.4 Å². The number of nitriles is 1. The number of allylic oxidation sites excluding steroid dienone is 3. The van der Waals surface area contributed by atoms with Crippen LogP contribution in [0.25, 0.3) is 5.57 Å². The van der Waals surface area contributed by atoms with Crippen LogP contribution in [0.3, 0.4) is 0 Å². The highest BCUT2D eigenvalue weighted by atomic mass is 35.5. The zero-order valence-electron chi connectivity index (χ0n) is 14.9. The van der Waals surface area contributed by atoms with Crippen LogP contribution in [0.1, 0.15) is 32.5 Å². The Hall–Kier alpha value is -3.18. The van der Waals surface area contributed by atoms with Gasteiger partial charge >= 0.3 is 0 Å². The van der Waals surface area contributed by atoms with E-state index in [-0.39, 0.29) is 22.6 Å². The monoisotopic (exact) mass is 383 g/mol. The minimum Gasteiger partial charge on any atom is -0.359 e. The Balaban J connectivity index is 1.86. The molecule has 0 aliphatic heterocycles. The molecular weight excluding hydrogens is 366 g/mol. The van der Waals surface area contributed by atoms with E-state index in [1.165, 1.54) is 6.20 Å². The maximum absolute atomic E-state index is 12.0. The number of hydrogen-bond donors (Lipinski definition) is 3. The van der Waals surface area contributed by atoms with Crippen molar-refractivity contribution in [3.05, 3.63) is 47.0 Å². The summed E-state index contributed by atoms with van der Waals surface area (Å²) < 4.78 is 0.